The molecular formula is C9H12N2O3. The van der Waals surface area contributed by atoms with Crippen molar-refractivity contribution in [1.82, 2.24) is 4.98 Å². The first kappa shape index (κ1) is 10.6. The number of hydrogen-bond donors (Lipinski definition) is 2. The number of aliphatic hydroxyl groups is 1. The van der Waals surface area contributed by atoms with E-state index < -0.39 is 12.0 Å². The third-order valence-corrected chi connectivity index (χ3v) is 1.80. The number of carbonyl (C=O) groups is 1. The number of rotatable bonds is 3. The average molecular weight is 196 g/mol. The zero-order chi connectivity index (χ0) is 10.6. The normalized spacial score (nSPS) is 12.2. The van der Waals surface area contributed by atoms with Crippen LogP contribution in [0.1, 0.15) is 22.1 Å². The van der Waals surface area contributed by atoms with Crippen LogP contribution in [0.15, 0.2) is 18.3 Å². The van der Waals surface area contributed by atoms with E-state index in [1.165, 1.54) is 19.4 Å². The summed E-state index contributed by atoms with van der Waals surface area (Å²) in [5.41, 5.74) is 6.42. The molecule has 0 saturated carbocycles. The first-order chi connectivity index (χ1) is 6.69. The molecule has 14 heavy (non-hydrogen) atoms. The van der Waals surface area contributed by atoms with Crippen LogP contribution in [0.4, 0.5) is 0 Å². The molecule has 5 heteroatoms. The van der Waals surface area contributed by atoms with Crippen molar-refractivity contribution in [3.63, 3.8) is 0 Å². The molecule has 0 aliphatic carbocycles. The van der Waals surface area contributed by atoms with Crippen molar-refractivity contribution in [3.05, 3.63) is 29.6 Å². The van der Waals surface area contributed by atoms with E-state index in [1.54, 1.807) is 6.07 Å². The molecule has 0 spiro atoms. The van der Waals surface area contributed by atoms with E-state index >= 15 is 0 Å². The Morgan fingerprint density at radius 2 is 2.50 bits per heavy atom. The van der Waals surface area contributed by atoms with Gasteiger partial charge in [0.2, 0.25) is 0 Å². The van der Waals surface area contributed by atoms with Crippen molar-refractivity contribution in [2.24, 2.45) is 5.73 Å². The molecule has 1 rings (SSSR count). The van der Waals surface area contributed by atoms with Gasteiger partial charge in [0.1, 0.15) is 5.69 Å². The molecule has 0 unspecified atom stereocenters. The molecule has 1 atom stereocenters. The second kappa shape index (κ2) is 4.69. The highest BCUT2D eigenvalue weighted by molar-refractivity contribution is 5.87. The Morgan fingerprint density at radius 3 is 3.07 bits per heavy atom. The highest BCUT2D eigenvalue weighted by Crippen LogP contribution is 2.10. The first-order valence-corrected chi connectivity index (χ1v) is 4.09. The van der Waals surface area contributed by atoms with Crippen LogP contribution in [0.25, 0.3) is 0 Å². The third kappa shape index (κ3) is 2.27. The number of hydrogen-bond acceptors (Lipinski definition) is 5. The highest BCUT2D eigenvalue weighted by Gasteiger charge is 2.10. The van der Waals surface area contributed by atoms with Crippen molar-refractivity contribution in [2.75, 3.05) is 13.7 Å². The molecule has 1 aromatic heterocycles. The lowest BCUT2D eigenvalue weighted by Crippen LogP contribution is -2.15. The lowest BCUT2D eigenvalue weighted by molar-refractivity contribution is 0.0594. The molecule has 0 fully saturated rings. The number of pyridine rings is 1. The lowest BCUT2D eigenvalue weighted by atomic mass is 10.1. The van der Waals surface area contributed by atoms with Gasteiger partial charge in [0.25, 0.3) is 0 Å². The minimum atomic E-state index is -0.517. The van der Waals surface area contributed by atoms with Crippen molar-refractivity contribution in [2.45, 2.75) is 6.04 Å². The summed E-state index contributed by atoms with van der Waals surface area (Å²) in [5, 5.41) is 8.81. The maximum atomic E-state index is 11.1. The minimum Gasteiger partial charge on any atom is -0.464 e. The second-order valence-electron chi connectivity index (χ2n) is 2.76. The molecule has 0 amide bonds. The van der Waals surface area contributed by atoms with Crippen molar-refractivity contribution in [3.8, 4) is 0 Å². The van der Waals surface area contributed by atoms with Crippen molar-refractivity contribution in [1.29, 1.82) is 0 Å². The van der Waals surface area contributed by atoms with Crippen LogP contribution < -0.4 is 5.73 Å². The van der Waals surface area contributed by atoms with Crippen LogP contribution in [0.5, 0.6) is 0 Å². The van der Waals surface area contributed by atoms with E-state index in [9.17, 15) is 4.79 Å². The van der Waals surface area contributed by atoms with Gasteiger partial charge in [0, 0.05) is 6.20 Å². The second-order valence-corrected chi connectivity index (χ2v) is 2.76. The molecule has 0 aliphatic heterocycles. The van der Waals surface area contributed by atoms with E-state index in [4.69, 9.17) is 10.8 Å². The lowest BCUT2D eigenvalue weighted by Gasteiger charge is -2.08. The molecule has 0 aromatic carbocycles. The van der Waals surface area contributed by atoms with Crippen LogP contribution in [0.2, 0.25) is 0 Å². The SMILES string of the molecule is COC(=O)c1cc([C@@H](N)CO)ccn1. The summed E-state index contributed by atoms with van der Waals surface area (Å²) < 4.78 is 4.50. The number of aliphatic hydroxyl groups excluding tert-OH is 1. The maximum Gasteiger partial charge on any atom is 0.356 e. The van der Waals surface area contributed by atoms with Gasteiger partial charge in [-0.15, -0.1) is 0 Å². The quantitative estimate of drug-likeness (QED) is 0.657. The number of nitrogens with zero attached hydrogens (tertiary/aromatic N) is 1. The van der Waals surface area contributed by atoms with Gasteiger partial charge < -0.3 is 15.6 Å². The Kier molecular flexibility index (Phi) is 3.55. The largest absolute Gasteiger partial charge is 0.464 e. The topological polar surface area (TPSA) is 85.4 Å². The van der Waals surface area contributed by atoms with Crippen LogP contribution in [-0.2, 0) is 4.74 Å². The molecule has 3 N–H and O–H groups in total. The fraction of sp³-hybridized carbons (Fsp3) is 0.333. The Morgan fingerprint density at radius 1 is 1.79 bits per heavy atom. The predicted octanol–water partition coefficient (Wildman–Crippen LogP) is -0.140. The maximum absolute atomic E-state index is 11.1. The highest BCUT2D eigenvalue weighted by atomic mass is 16.5. The van der Waals surface area contributed by atoms with E-state index in [2.05, 4.69) is 9.72 Å². The summed E-state index contributed by atoms with van der Waals surface area (Å²) in [6.45, 7) is -0.176. The number of aromatic nitrogens is 1. The zero-order valence-electron chi connectivity index (χ0n) is 7.80. The number of esters is 1. The summed E-state index contributed by atoms with van der Waals surface area (Å²) in [6.07, 6.45) is 1.46. The van der Waals surface area contributed by atoms with Crippen LogP contribution >= 0.6 is 0 Å². The summed E-state index contributed by atoms with van der Waals surface area (Å²) in [4.78, 5) is 14.9. The van der Waals surface area contributed by atoms with Crippen LogP contribution in [-0.4, -0.2) is 29.8 Å². The standard InChI is InChI=1S/C9H12N2O3/c1-14-9(13)8-4-6(2-3-11-8)7(10)5-12/h2-4,7,12H,5,10H2,1H3/t7-/m0/s1. The monoisotopic (exact) mass is 196 g/mol. The Labute approximate surface area is 81.5 Å². The van der Waals surface area contributed by atoms with Crippen molar-refractivity contribution < 1.29 is 14.6 Å². The summed E-state index contributed by atoms with van der Waals surface area (Å²) in [7, 11) is 1.28. The Hall–Kier alpha value is -1.46. The molecule has 0 bridgehead atoms. The molecule has 0 aliphatic rings. The molecule has 0 saturated heterocycles. The average Bonchev–Trinajstić information content (AvgIpc) is 2.27. The van der Waals surface area contributed by atoms with Gasteiger partial charge in [-0.05, 0) is 17.7 Å². The van der Waals surface area contributed by atoms with Gasteiger partial charge in [0.15, 0.2) is 0 Å². The fourth-order valence-corrected chi connectivity index (χ4v) is 0.999. The first-order valence-electron chi connectivity index (χ1n) is 4.09. The fourth-order valence-electron chi connectivity index (χ4n) is 0.999. The van der Waals surface area contributed by atoms with Crippen LogP contribution in [0, 0.1) is 0 Å². The Balaban J connectivity index is 2.95. The van der Waals surface area contributed by atoms with Gasteiger partial charge in [-0.25, -0.2) is 9.78 Å². The molecule has 1 aromatic rings. The number of ether oxygens (including phenoxy) is 1. The zero-order valence-corrected chi connectivity index (χ0v) is 7.80. The van der Waals surface area contributed by atoms with Crippen LogP contribution in [0.3, 0.4) is 0 Å². The summed E-state index contributed by atoms with van der Waals surface area (Å²) >= 11 is 0. The smallest absolute Gasteiger partial charge is 0.356 e. The minimum absolute atomic E-state index is 0.176. The number of methoxy groups -OCH3 is 1. The number of nitrogens with two attached hydrogens (primary N) is 1. The van der Waals surface area contributed by atoms with Gasteiger partial charge in [-0.2, -0.15) is 0 Å². The van der Waals surface area contributed by atoms with Gasteiger partial charge in [-0.1, -0.05) is 0 Å². The van der Waals surface area contributed by atoms with E-state index in [-0.39, 0.29) is 12.3 Å². The van der Waals surface area contributed by atoms with Crippen molar-refractivity contribution >= 4 is 5.97 Å². The summed E-state index contributed by atoms with van der Waals surface area (Å²) in [6, 6.07) is 2.65. The molecule has 1 heterocycles. The molecule has 0 radical (unpaired) electrons. The van der Waals surface area contributed by atoms with E-state index in [0.29, 0.717) is 5.56 Å². The van der Waals surface area contributed by atoms with Gasteiger partial charge in [-0.3, -0.25) is 0 Å². The van der Waals surface area contributed by atoms with Gasteiger partial charge >= 0.3 is 5.97 Å². The Bertz CT molecular complexity index is 328. The number of carbonyl (C=O) groups excluding carboxylic acids is 1. The van der Waals surface area contributed by atoms with E-state index in [1.807, 2.05) is 0 Å². The summed E-state index contributed by atoms with van der Waals surface area (Å²) in [5.74, 6) is -0.517. The van der Waals surface area contributed by atoms with E-state index in [0.717, 1.165) is 0 Å². The molecule has 76 valence electrons. The predicted molar refractivity (Wildman–Crippen MR) is 49.6 cm³/mol. The van der Waals surface area contributed by atoms with Gasteiger partial charge in [0.05, 0.1) is 19.8 Å². The third-order valence-electron chi connectivity index (χ3n) is 1.80. The molecular weight excluding hydrogens is 184 g/mol. The molecule has 5 nitrogen and oxygen atoms in total.